The summed E-state index contributed by atoms with van der Waals surface area (Å²) in [4.78, 5) is 56.6. The largest absolute Gasteiger partial charge is 2.00 e. The molecule has 2 aliphatic heterocycles. The third-order valence-corrected chi connectivity index (χ3v) is 14.3. The van der Waals surface area contributed by atoms with Crippen molar-refractivity contribution in [1.29, 1.82) is 0 Å². The maximum atomic E-state index is 14.3. The molecule has 3 aromatic rings. The standard InChI is InChI=1S/C55H74N4O5.Mg/c1-13-39-35(8)42-28-44-37(10)41(24-25-48(60)64-27-26-34(7)23-17-22-33(6)21-16-20-32(5)19-15-18-31(3)4)52(58-44)50-51(55(62)63-12)54(61)49-38(11)45(59-53(49)50)30-47-40(14-2)36(9)43(57-47)29-46(39)56-42;/h13,26,28-33,37,41,52H,1,14-25,27H2,2-12H3,(H2-2,56,57,58,59,61,62);/q-2;+2/p-2/b34-26+;. The molecule has 5 unspecified atom stereocenters. The second kappa shape index (κ2) is 22.9. The van der Waals surface area contributed by atoms with Gasteiger partial charge in [-0.3, -0.25) is 9.59 Å². The number of rotatable bonds is 20. The molecular weight excluding hydrogens is 821 g/mol. The minimum atomic E-state index is -0.722. The normalized spacial score (nSPS) is 20.6. The Hall–Kier alpha value is -4.28. The first-order valence-corrected chi connectivity index (χ1v) is 24.0. The Morgan fingerprint density at radius 1 is 0.831 bits per heavy atom. The Morgan fingerprint density at radius 2 is 1.48 bits per heavy atom. The van der Waals surface area contributed by atoms with E-state index in [4.69, 9.17) is 29.7 Å². The zero-order valence-corrected chi connectivity index (χ0v) is 42.7. The van der Waals surface area contributed by atoms with Crippen molar-refractivity contribution < 1.29 is 23.9 Å². The van der Waals surface area contributed by atoms with Gasteiger partial charge in [0.25, 0.3) is 0 Å². The molecule has 5 heterocycles. The summed E-state index contributed by atoms with van der Waals surface area (Å²) in [7, 11) is 1.28. The van der Waals surface area contributed by atoms with Gasteiger partial charge in [-0.15, -0.1) is 33.5 Å². The number of Topliss-reactive ketones (excluding diaryl/α,β-unsaturated/α-hetero) is 1. The van der Waals surface area contributed by atoms with Crippen molar-refractivity contribution in [2.24, 2.45) is 29.6 Å². The number of methoxy groups -OCH3 is 1. The fraction of sp³-hybridized carbons (Fsp3) is 0.545. The van der Waals surface area contributed by atoms with Gasteiger partial charge in [-0.25, -0.2) is 4.79 Å². The Bertz CT molecular complexity index is 2450. The number of allylic oxidation sites excluding steroid dienone is 2. The van der Waals surface area contributed by atoms with E-state index in [1.165, 1.54) is 57.6 Å². The first-order chi connectivity index (χ1) is 30.6. The second-order valence-corrected chi connectivity index (χ2v) is 19.4. The molecule has 0 N–H and O–H groups in total. The summed E-state index contributed by atoms with van der Waals surface area (Å²) in [6.45, 7) is 26.0. The van der Waals surface area contributed by atoms with Crippen LogP contribution in [-0.2, 0) is 25.5 Å². The summed E-state index contributed by atoms with van der Waals surface area (Å²) < 4.78 is 11.0. The van der Waals surface area contributed by atoms with Crippen LogP contribution in [-0.4, -0.2) is 60.5 Å². The van der Waals surface area contributed by atoms with E-state index in [9.17, 15) is 14.4 Å². The van der Waals surface area contributed by atoms with Gasteiger partial charge in [-0.05, 0) is 94.6 Å². The minimum Gasteiger partial charge on any atom is -0.681 e. The fourth-order valence-electron chi connectivity index (χ4n) is 10.1. The molecule has 1 saturated heterocycles. The number of nitrogens with zero attached hydrogens (tertiary/aromatic N) is 4. The van der Waals surface area contributed by atoms with Crippen molar-refractivity contribution >= 4 is 70.7 Å². The van der Waals surface area contributed by atoms with Crippen LogP contribution < -0.4 is 25.7 Å². The molecule has 3 aromatic heterocycles. The number of ether oxygens (including phenoxy) is 2. The van der Waals surface area contributed by atoms with Gasteiger partial charge >= 0.3 is 35.0 Å². The van der Waals surface area contributed by atoms with Crippen molar-refractivity contribution in [3.05, 3.63) is 102 Å². The van der Waals surface area contributed by atoms with E-state index in [2.05, 4.69) is 62.0 Å². The van der Waals surface area contributed by atoms with Crippen LogP contribution in [0, 0.1) is 50.4 Å². The van der Waals surface area contributed by atoms with Gasteiger partial charge in [0.1, 0.15) is 12.2 Å². The topological polar surface area (TPSA) is 126 Å². The van der Waals surface area contributed by atoms with E-state index in [1.54, 1.807) is 0 Å². The maximum absolute atomic E-state index is 14.3. The van der Waals surface area contributed by atoms with Gasteiger partial charge < -0.3 is 29.7 Å². The van der Waals surface area contributed by atoms with E-state index >= 15 is 0 Å². The van der Waals surface area contributed by atoms with E-state index in [0.29, 0.717) is 40.4 Å². The molecule has 9 nitrogen and oxygen atoms in total. The van der Waals surface area contributed by atoms with Crippen molar-refractivity contribution in [3.63, 3.8) is 0 Å². The summed E-state index contributed by atoms with van der Waals surface area (Å²) in [5.41, 5.74) is 10.1. The molecule has 0 aromatic carbocycles. The number of esters is 2. The molecule has 346 valence electrons. The number of aromatic nitrogens is 3. The molecule has 6 rings (SSSR count). The number of hydrogen-bond donors (Lipinski definition) is 0. The molecule has 0 saturated carbocycles. The van der Waals surface area contributed by atoms with Crippen LogP contribution in [0.2, 0.25) is 0 Å². The summed E-state index contributed by atoms with van der Waals surface area (Å²) in [5, 5.41) is 6.90. The molecule has 1 aliphatic carbocycles. The Kier molecular flexibility index (Phi) is 18.3. The van der Waals surface area contributed by atoms with Crippen LogP contribution in [0.3, 0.4) is 0 Å². The van der Waals surface area contributed by atoms with Crippen molar-refractivity contribution in [1.82, 2.24) is 15.0 Å². The molecule has 8 bridgehead atoms. The smallest absolute Gasteiger partial charge is 0.681 e. The first-order valence-electron chi connectivity index (χ1n) is 24.0. The average Bonchev–Trinajstić information content (AvgIpc) is 3.99. The summed E-state index contributed by atoms with van der Waals surface area (Å²) in [5.74, 6) is 0.477. The van der Waals surface area contributed by atoms with E-state index < -0.39 is 17.8 Å². The fourth-order valence-corrected chi connectivity index (χ4v) is 10.1. The zero-order valence-electron chi connectivity index (χ0n) is 41.3. The van der Waals surface area contributed by atoms with Crippen LogP contribution in [0.25, 0.3) is 35.2 Å². The van der Waals surface area contributed by atoms with Gasteiger partial charge in [0.05, 0.1) is 7.11 Å². The maximum Gasteiger partial charge on any atom is 2.00 e. The molecular formula is C55H72MgN4O5-2. The van der Waals surface area contributed by atoms with Crippen molar-refractivity contribution in [2.75, 3.05) is 13.7 Å². The number of carbonyl (C=O) groups is 3. The van der Waals surface area contributed by atoms with Crippen molar-refractivity contribution in [3.8, 4) is 0 Å². The molecule has 5 atom stereocenters. The summed E-state index contributed by atoms with van der Waals surface area (Å²) in [6.07, 6.45) is 22.4. The molecule has 3 aliphatic rings. The van der Waals surface area contributed by atoms with E-state index in [1.807, 2.05) is 44.2 Å². The number of hydrogen-bond acceptors (Lipinski definition) is 5. The van der Waals surface area contributed by atoms with Crippen LogP contribution in [0.1, 0.15) is 180 Å². The second-order valence-electron chi connectivity index (χ2n) is 19.4. The zero-order chi connectivity index (χ0) is 46.4. The van der Waals surface area contributed by atoms with E-state index in [0.717, 1.165) is 81.1 Å². The van der Waals surface area contributed by atoms with Gasteiger partial charge in [-0.1, -0.05) is 157 Å². The van der Waals surface area contributed by atoms with Gasteiger partial charge in [0.2, 0.25) is 0 Å². The van der Waals surface area contributed by atoms with Crippen LogP contribution in [0.15, 0.2) is 29.5 Å². The Balaban J connectivity index is 0.00000793. The quantitative estimate of drug-likeness (QED) is 0.0475. The van der Waals surface area contributed by atoms with E-state index in [-0.39, 0.29) is 59.5 Å². The van der Waals surface area contributed by atoms with Crippen LogP contribution in [0.4, 0.5) is 0 Å². The van der Waals surface area contributed by atoms with Gasteiger partial charge in [-0.2, -0.15) is 5.70 Å². The Labute approximate surface area is 404 Å². The average molecular weight is 894 g/mol. The molecule has 1 fully saturated rings. The molecule has 0 amide bonds. The monoisotopic (exact) mass is 893 g/mol. The van der Waals surface area contributed by atoms with Gasteiger partial charge in [0.15, 0.2) is 5.78 Å². The predicted molar refractivity (Wildman–Crippen MR) is 265 cm³/mol. The summed E-state index contributed by atoms with van der Waals surface area (Å²) in [6, 6.07) is -0.650. The van der Waals surface area contributed by atoms with Crippen LogP contribution in [0.5, 0.6) is 0 Å². The van der Waals surface area contributed by atoms with Crippen LogP contribution >= 0.6 is 0 Å². The SMILES string of the molecule is C=Cc1c2[n-]c(c1C)/C=C1\[N-]C(C3=C(C(=O)OC)C(=O)c4c3[n-]c(c4C)/C=c3\[n-]/c(c(C)c3CC)=C\2)C(CCC(=O)OC/C=C(\C)CCCC(C)CCCC(C)CCCC(C)C)C1C.[Mg+2]. The minimum absolute atomic E-state index is 0. The third kappa shape index (κ3) is 11.6. The Morgan fingerprint density at radius 3 is 2.12 bits per heavy atom. The third-order valence-electron chi connectivity index (χ3n) is 14.3. The number of ketones is 1. The number of fused-ring (bicyclic) bond motifs is 8. The number of carbonyl (C=O) groups excluding carboxylic acids is 3. The van der Waals surface area contributed by atoms with Crippen molar-refractivity contribution in [2.45, 2.75) is 152 Å². The molecule has 0 radical (unpaired) electrons. The molecule has 10 heteroatoms. The molecule has 65 heavy (non-hydrogen) atoms. The summed E-state index contributed by atoms with van der Waals surface area (Å²) >= 11 is 0. The molecule has 0 spiro atoms. The predicted octanol–water partition coefficient (Wildman–Crippen LogP) is 10.2. The van der Waals surface area contributed by atoms with Gasteiger partial charge in [0, 0.05) is 12.0 Å². The first kappa shape index (κ1) is 51.7.